The van der Waals surface area contributed by atoms with Crippen LogP contribution >= 0.6 is 0 Å². The van der Waals surface area contributed by atoms with E-state index in [4.69, 9.17) is 14.1 Å². The lowest BCUT2D eigenvalue weighted by Gasteiger charge is -2.26. The van der Waals surface area contributed by atoms with Gasteiger partial charge in [0.2, 0.25) is 5.89 Å². The fraction of sp³-hybridized carbons (Fsp3) is 0.240. The summed E-state index contributed by atoms with van der Waals surface area (Å²) in [7, 11) is 0. The van der Waals surface area contributed by atoms with E-state index in [0.717, 1.165) is 16.8 Å². The number of carbonyl (C=O) groups excluding carboxylic acids is 1. The van der Waals surface area contributed by atoms with E-state index in [9.17, 15) is 4.79 Å². The minimum atomic E-state index is 0.00558. The highest BCUT2D eigenvalue weighted by Crippen LogP contribution is 2.25. The number of allylic oxidation sites excluding steroid dienone is 1. The number of aliphatic imine (C=N–C) groups is 2. The molecule has 0 atom stereocenters. The molecule has 2 heterocycles. The second-order valence-corrected chi connectivity index (χ2v) is 7.55. The molecule has 1 saturated heterocycles. The first-order valence-electron chi connectivity index (χ1n) is 10.7. The molecule has 0 saturated carbocycles. The Hall–Kier alpha value is -3.91. The van der Waals surface area contributed by atoms with Gasteiger partial charge in [0, 0.05) is 29.9 Å². The monoisotopic (exact) mass is 443 g/mol. The number of aromatic nitrogens is 2. The lowest BCUT2D eigenvalue weighted by atomic mass is 10.1. The van der Waals surface area contributed by atoms with E-state index in [2.05, 4.69) is 21.9 Å². The summed E-state index contributed by atoms with van der Waals surface area (Å²) in [6.07, 6.45) is 0. The summed E-state index contributed by atoms with van der Waals surface area (Å²) in [6.45, 7) is 9.64. The Labute approximate surface area is 192 Å². The van der Waals surface area contributed by atoms with Crippen LogP contribution < -0.4 is 0 Å². The summed E-state index contributed by atoms with van der Waals surface area (Å²) in [5.74, 6) is 0.669. The minimum Gasteiger partial charge on any atom is -0.415 e. The molecule has 0 N–H and O–H groups in total. The Balaban J connectivity index is 1.58. The van der Waals surface area contributed by atoms with Crippen LogP contribution in [0, 0.1) is 0 Å². The molecule has 0 aliphatic carbocycles. The molecule has 0 bridgehead atoms. The van der Waals surface area contributed by atoms with Crippen molar-refractivity contribution in [3.05, 3.63) is 77.3 Å². The zero-order valence-corrected chi connectivity index (χ0v) is 18.7. The van der Waals surface area contributed by atoms with E-state index in [1.807, 2.05) is 61.5 Å². The average Bonchev–Trinajstić information content (AvgIpc) is 3.37. The van der Waals surface area contributed by atoms with E-state index in [0.29, 0.717) is 49.2 Å². The lowest BCUT2D eigenvalue weighted by molar-refractivity contribution is 0.0303. The van der Waals surface area contributed by atoms with Gasteiger partial charge in [0.1, 0.15) is 5.70 Å². The maximum absolute atomic E-state index is 12.7. The summed E-state index contributed by atoms with van der Waals surface area (Å²) < 4.78 is 11.2. The fourth-order valence-corrected chi connectivity index (χ4v) is 3.41. The molecule has 1 fully saturated rings. The summed E-state index contributed by atoms with van der Waals surface area (Å²) in [6, 6.07) is 16.9. The van der Waals surface area contributed by atoms with Crippen molar-refractivity contribution >= 4 is 24.0 Å². The molecule has 1 aliphatic rings. The highest BCUT2D eigenvalue weighted by atomic mass is 16.5. The van der Waals surface area contributed by atoms with Gasteiger partial charge in [0.05, 0.1) is 18.9 Å². The maximum atomic E-state index is 12.7. The van der Waals surface area contributed by atoms with Crippen molar-refractivity contribution in [2.75, 3.05) is 26.3 Å². The van der Waals surface area contributed by atoms with Crippen LogP contribution in [-0.4, -0.2) is 59.7 Å². The van der Waals surface area contributed by atoms with Gasteiger partial charge in [-0.25, -0.2) is 4.99 Å². The molecule has 3 aromatic rings. The van der Waals surface area contributed by atoms with Crippen LogP contribution in [0.4, 0.5) is 0 Å². The summed E-state index contributed by atoms with van der Waals surface area (Å²) in [5.41, 5.74) is 4.06. The smallest absolute Gasteiger partial charge is 0.268 e. The van der Waals surface area contributed by atoms with Crippen molar-refractivity contribution in [2.24, 2.45) is 9.98 Å². The van der Waals surface area contributed by atoms with E-state index < -0.39 is 0 Å². The number of ether oxygens (including phenoxy) is 1. The van der Waals surface area contributed by atoms with Crippen molar-refractivity contribution < 1.29 is 13.9 Å². The fourth-order valence-electron chi connectivity index (χ4n) is 3.41. The summed E-state index contributed by atoms with van der Waals surface area (Å²) in [5, 5.41) is 8.31. The predicted octanol–water partition coefficient (Wildman–Crippen LogP) is 4.11. The van der Waals surface area contributed by atoms with Crippen LogP contribution in [0.1, 0.15) is 35.7 Å². The quantitative estimate of drug-likeness (QED) is 0.535. The molecule has 33 heavy (non-hydrogen) atoms. The number of rotatable bonds is 6. The third-order valence-electron chi connectivity index (χ3n) is 5.36. The van der Waals surface area contributed by atoms with Crippen molar-refractivity contribution in [2.45, 2.75) is 13.8 Å². The SMILES string of the molecule is C=N/C(C)=C(\N=C(C)c1ccc(C(=O)N2CCOCC2)cc1)c1nnc(-c2ccccc2)o1. The Morgan fingerprint density at radius 2 is 1.64 bits per heavy atom. The molecule has 1 aliphatic heterocycles. The molecule has 1 aromatic heterocycles. The van der Waals surface area contributed by atoms with E-state index in [-0.39, 0.29) is 11.8 Å². The van der Waals surface area contributed by atoms with E-state index in [1.165, 1.54) is 0 Å². The second-order valence-electron chi connectivity index (χ2n) is 7.55. The van der Waals surface area contributed by atoms with Gasteiger partial charge in [0.15, 0.2) is 0 Å². The number of morpholine rings is 1. The third kappa shape index (κ3) is 5.12. The minimum absolute atomic E-state index is 0.00558. The van der Waals surface area contributed by atoms with Gasteiger partial charge in [-0.15, -0.1) is 10.2 Å². The molecule has 1 amide bonds. The Morgan fingerprint density at radius 1 is 0.970 bits per heavy atom. The normalized spacial score (nSPS) is 15.2. The van der Waals surface area contributed by atoms with Crippen LogP contribution in [0.5, 0.6) is 0 Å². The van der Waals surface area contributed by atoms with Crippen LogP contribution in [0.2, 0.25) is 0 Å². The highest BCUT2D eigenvalue weighted by Gasteiger charge is 2.19. The van der Waals surface area contributed by atoms with E-state index in [1.54, 1.807) is 11.8 Å². The van der Waals surface area contributed by atoms with Crippen molar-refractivity contribution in [3.8, 4) is 11.5 Å². The number of nitrogens with zero attached hydrogens (tertiary/aromatic N) is 5. The van der Waals surface area contributed by atoms with Gasteiger partial charge in [-0.2, -0.15) is 0 Å². The molecular weight excluding hydrogens is 418 g/mol. The molecule has 0 spiro atoms. The predicted molar refractivity (Wildman–Crippen MR) is 127 cm³/mol. The second kappa shape index (κ2) is 10.1. The Kier molecular flexibility index (Phi) is 6.85. The highest BCUT2D eigenvalue weighted by molar-refractivity contribution is 6.02. The van der Waals surface area contributed by atoms with Crippen LogP contribution in [-0.2, 0) is 4.74 Å². The first-order valence-corrected chi connectivity index (χ1v) is 10.7. The van der Waals surface area contributed by atoms with Crippen molar-refractivity contribution in [3.63, 3.8) is 0 Å². The van der Waals surface area contributed by atoms with Crippen LogP contribution in [0.15, 0.2) is 74.7 Å². The van der Waals surface area contributed by atoms with Gasteiger partial charge in [-0.1, -0.05) is 30.3 Å². The van der Waals surface area contributed by atoms with E-state index >= 15 is 0 Å². The number of benzene rings is 2. The molecule has 8 nitrogen and oxygen atoms in total. The number of hydrogen-bond donors (Lipinski definition) is 0. The summed E-state index contributed by atoms with van der Waals surface area (Å²) in [4.78, 5) is 23.2. The van der Waals surface area contributed by atoms with Crippen molar-refractivity contribution in [1.82, 2.24) is 15.1 Å². The molecule has 4 rings (SSSR count). The molecular formula is C25H25N5O3. The molecule has 0 radical (unpaired) electrons. The zero-order valence-electron chi connectivity index (χ0n) is 18.7. The molecule has 8 heteroatoms. The molecule has 168 valence electrons. The number of carbonyl (C=O) groups is 1. The maximum Gasteiger partial charge on any atom is 0.268 e. The Morgan fingerprint density at radius 3 is 2.30 bits per heavy atom. The topological polar surface area (TPSA) is 93.2 Å². The van der Waals surface area contributed by atoms with Gasteiger partial charge in [0.25, 0.3) is 11.8 Å². The van der Waals surface area contributed by atoms with Gasteiger partial charge < -0.3 is 14.1 Å². The summed E-state index contributed by atoms with van der Waals surface area (Å²) >= 11 is 0. The number of amides is 1. The van der Waals surface area contributed by atoms with Gasteiger partial charge >= 0.3 is 0 Å². The standard InChI is InChI=1S/C25H25N5O3/c1-17(19-9-11-21(12-10-19)25(31)30-13-15-32-16-14-30)27-22(18(2)26-3)24-29-28-23(33-24)20-7-5-4-6-8-20/h4-12H,3,13-16H2,1-2H3/b22-18-,27-17?. The van der Waals surface area contributed by atoms with Gasteiger partial charge in [-0.3, -0.25) is 9.79 Å². The molecule has 0 unspecified atom stereocenters. The van der Waals surface area contributed by atoms with Crippen LogP contribution in [0.25, 0.3) is 17.2 Å². The number of hydrogen-bond acceptors (Lipinski definition) is 7. The van der Waals surface area contributed by atoms with Gasteiger partial charge in [-0.05, 0) is 50.4 Å². The first kappa shape index (κ1) is 22.3. The first-order chi connectivity index (χ1) is 16.1. The average molecular weight is 444 g/mol. The zero-order chi connectivity index (χ0) is 23.2. The van der Waals surface area contributed by atoms with Crippen molar-refractivity contribution in [1.29, 1.82) is 0 Å². The lowest BCUT2D eigenvalue weighted by Crippen LogP contribution is -2.40. The largest absolute Gasteiger partial charge is 0.415 e. The molecule has 2 aromatic carbocycles. The van der Waals surface area contributed by atoms with Crippen LogP contribution in [0.3, 0.4) is 0 Å². The third-order valence-corrected chi connectivity index (χ3v) is 5.36. The Bertz CT molecular complexity index is 1190.